The van der Waals surface area contributed by atoms with Gasteiger partial charge < -0.3 is 4.90 Å². The van der Waals surface area contributed by atoms with Crippen molar-refractivity contribution in [3.05, 3.63) is 0 Å². The fraction of sp³-hybridized carbons (Fsp3) is 0.846. The number of halogens is 1. The number of alkyl halides is 1. The highest BCUT2D eigenvalue weighted by Crippen LogP contribution is 2.33. The predicted octanol–water partition coefficient (Wildman–Crippen LogP) is 3.09. The monoisotopic (exact) mass is 300 g/mol. The first-order chi connectivity index (χ1) is 7.94. The fourth-order valence-electron chi connectivity index (χ4n) is 2.34. The van der Waals surface area contributed by atoms with Gasteiger partial charge in [-0.3, -0.25) is 4.79 Å². The Morgan fingerprint density at radius 2 is 1.88 bits per heavy atom. The Balaban J connectivity index is 2.83. The fourth-order valence-corrected chi connectivity index (χ4v) is 2.65. The third kappa shape index (κ3) is 3.01. The molecule has 0 bridgehead atoms. The summed E-state index contributed by atoms with van der Waals surface area (Å²) in [6.07, 6.45) is 4.88. The molecular weight excluding hydrogens is 280 g/mol. The van der Waals surface area contributed by atoms with Crippen molar-refractivity contribution in [3.8, 4) is 6.07 Å². The molecule has 0 heterocycles. The van der Waals surface area contributed by atoms with E-state index in [0.717, 1.165) is 25.7 Å². The van der Waals surface area contributed by atoms with Crippen LogP contribution in [0.5, 0.6) is 0 Å². The van der Waals surface area contributed by atoms with Crippen molar-refractivity contribution in [3.63, 3.8) is 0 Å². The lowest BCUT2D eigenvalue weighted by atomic mass is 9.81. The first-order valence-electron chi connectivity index (χ1n) is 6.27. The number of nitrogens with zero attached hydrogens (tertiary/aromatic N) is 2. The minimum absolute atomic E-state index is 0.0310. The third-order valence-corrected chi connectivity index (χ3v) is 5.13. The van der Waals surface area contributed by atoms with Crippen LogP contribution in [0.3, 0.4) is 0 Å². The van der Waals surface area contributed by atoms with Gasteiger partial charge in [0.1, 0.15) is 5.54 Å². The Labute approximate surface area is 112 Å². The van der Waals surface area contributed by atoms with Gasteiger partial charge in [0.2, 0.25) is 5.91 Å². The molecule has 1 saturated carbocycles. The summed E-state index contributed by atoms with van der Waals surface area (Å²) in [7, 11) is 1.77. The summed E-state index contributed by atoms with van der Waals surface area (Å²) < 4.78 is 0. The molecule has 1 aliphatic rings. The van der Waals surface area contributed by atoms with E-state index in [1.165, 1.54) is 6.42 Å². The number of nitriles is 1. The van der Waals surface area contributed by atoms with Gasteiger partial charge in [0.15, 0.2) is 0 Å². The second kappa shape index (κ2) is 5.86. The topological polar surface area (TPSA) is 44.1 Å². The second-order valence-electron chi connectivity index (χ2n) is 5.25. The molecule has 1 unspecified atom stereocenters. The lowest BCUT2D eigenvalue weighted by Gasteiger charge is -2.40. The van der Waals surface area contributed by atoms with Crippen molar-refractivity contribution in [1.29, 1.82) is 5.26 Å². The molecule has 96 valence electrons. The van der Waals surface area contributed by atoms with Crippen molar-refractivity contribution in [2.24, 2.45) is 5.92 Å². The van der Waals surface area contributed by atoms with E-state index in [1.54, 1.807) is 11.9 Å². The Kier molecular flexibility index (Phi) is 5.00. The zero-order valence-corrected chi connectivity index (χ0v) is 12.5. The van der Waals surface area contributed by atoms with Gasteiger partial charge in [-0.15, -0.1) is 0 Å². The van der Waals surface area contributed by atoms with Crippen LogP contribution in [0.4, 0.5) is 0 Å². The third-order valence-electron chi connectivity index (χ3n) is 3.68. The Morgan fingerprint density at radius 1 is 1.35 bits per heavy atom. The molecule has 1 atom stereocenters. The van der Waals surface area contributed by atoms with Gasteiger partial charge in [0.05, 0.1) is 10.9 Å². The molecule has 1 aliphatic carbocycles. The van der Waals surface area contributed by atoms with E-state index in [2.05, 4.69) is 22.0 Å². The molecule has 1 rings (SSSR count). The summed E-state index contributed by atoms with van der Waals surface area (Å²) >= 11 is 3.43. The van der Waals surface area contributed by atoms with Crippen LogP contribution >= 0.6 is 15.9 Å². The first kappa shape index (κ1) is 14.5. The van der Waals surface area contributed by atoms with Crippen LogP contribution in [0.1, 0.15) is 46.0 Å². The summed E-state index contributed by atoms with van der Waals surface area (Å²) in [5.41, 5.74) is -0.573. The Bertz CT molecular complexity index is 316. The van der Waals surface area contributed by atoms with E-state index in [-0.39, 0.29) is 16.7 Å². The lowest BCUT2D eigenvalue weighted by Crippen LogP contribution is -2.52. The SMILES string of the molecule is CC(C)C(Br)C(=O)N(C)C1(C#N)CCCCC1. The maximum Gasteiger partial charge on any atom is 0.237 e. The van der Waals surface area contributed by atoms with Crippen LogP contribution in [0.2, 0.25) is 0 Å². The zero-order valence-electron chi connectivity index (χ0n) is 10.9. The molecule has 0 spiro atoms. The Morgan fingerprint density at radius 3 is 2.29 bits per heavy atom. The van der Waals surface area contributed by atoms with Crippen LogP contribution < -0.4 is 0 Å². The number of carbonyl (C=O) groups excluding carboxylic acids is 1. The Hall–Kier alpha value is -0.560. The van der Waals surface area contributed by atoms with Gasteiger partial charge in [-0.25, -0.2) is 0 Å². The van der Waals surface area contributed by atoms with Crippen LogP contribution in [0.25, 0.3) is 0 Å². The smallest absolute Gasteiger partial charge is 0.237 e. The molecule has 0 aliphatic heterocycles. The minimum Gasteiger partial charge on any atom is -0.326 e. The maximum atomic E-state index is 12.3. The maximum absolute atomic E-state index is 12.3. The van der Waals surface area contributed by atoms with E-state index < -0.39 is 5.54 Å². The molecule has 4 heteroatoms. The quantitative estimate of drug-likeness (QED) is 0.752. The molecule has 0 aromatic carbocycles. The van der Waals surface area contributed by atoms with Crippen LogP contribution in [-0.4, -0.2) is 28.2 Å². The number of rotatable bonds is 3. The summed E-state index contributed by atoms with van der Waals surface area (Å²) in [6, 6.07) is 2.38. The molecule has 0 aromatic heterocycles. The van der Waals surface area contributed by atoms with Gasteiger partial charge in [0, 0.05) is 7.05 Å². The molecule has 1 amide bonds. The first-order valence-corrected chi connectivity index (χ1v) is 7.19. The van der Waals surface area contributed by atoms with Crippen LogP contribution in [-0.2, 0) is 4.79 Å². The summed E-state index contributed by atoms with van der Waals surface area (Å²) in [5, 5.41) is 9.42. The number of hydrogen-bond acceptors (Lipinski definition) is 2. The number of carbonyl (C=O) groups is 1. The molecule has 3 nitrogen and oxygen atoms in total. The molecule has 0 N–H and O–H groups in total. The van der Waals surface area contributed by atoms with Gasteiger partial charge in [-0.2, -0.15) is 5.26 Å². The summed E-state index contributed by atoms with van der Waals surface area (Å²) in [5.74, 6) is 0.271. The van der Waals surface area contributed by atoms with Crippen molar-refractivity contribution in [2.75, 3.05) is 7.05 Å². The van der Waals surface area contributed by atoms with Gasteiger partial charge >= 0.3 is 0 Å². The highest BCUT2D eigenvalue weighted by molar-refractivity contribution is 9.10. The van der Waals surface area contributed by atoms with Crippen LogP contribution in [0.15, 0.2) is 0 Å². The second-order valence-corrected chi connectivity index (χ2v) is 6.23. The average Bonchev–Trinajstić information content (AvgIpc) is 2.36. The van der Waals surface area contributed by atoms with Gasteiger partial charge in [-0.05, 0) is 18.8 Å². The molecule has 0 saturated heterocycles. The van der Waals surface area contributed by atoms with Gasteiger partial charge in [-0.1, -0.05) is 49.0 Å². The highest BCUT2D eigenvalue weighted by atomic mass is 79.9. The van der Waals surface area contributed by atoms with Crippen molar-refractivity contribution in [2.45, 2.75) is 56.3 Å². The van der Waals surface area contributed by atoms with Crippen molar-refractivity contribution < 1.29 is 4.79 Å². The average molecular weight is 301 g/mol. The molecule has 0 aromatic rings. The van der Waals surface area contributed by atoms with E-state index in [9.17, 15) is 10.1 Å². The number of hydrogen-bond donors (Lipinski definition) is 0. The molecular formula is C13H21BrN2O. The standard InChI is InChI=1S/C13H21BrN2O/c1-10(2)11(14)12(17)16(3)13(9-15)7-5-4-6-8-13/h10-11H,4-8H2,1-3H3. The normalized spacial score (nSPS) is 20.7. The van der Waals surface area contributed by atoms with E-state index >= 15 is 0 Å². The number of amides is 1. The molecule has 17 heavy (non-hydrogen) atoms. The highest BCUT2D eigenvalue weighted by Gasteiger charge is 2.40. The minimum atomic E-state index is -0.573. The van der Waals surface area contributed by atoms with E-state index in [4.69, 9.17) is 0 Å². The zero-order chi connectivity index (χ0) is 13.1. The van der Waals surface area contributed by atoms with E-state index in [1.807, 2.05) is 13.8 Å². The van der Waals surface area contributed by atoms with Gasteiger partial charge in [0.25, 0.3) is 0 Å². The molecule has 0 radical (unpaired) electrons. The lowest BCUT2D eigenvalue weighted by molar-refractivity contribution is -0.134. The van der Waals surface area contributed by atoms with Crippen molar-refractivity contribution >= 4 is 21.8 Å². The summed E-state index contributed by atoms with van der Waals surface area (Å²) in [4.78, 5) is 13.8. The van der Waals surface area contributed by atoms with E-state index in [0.29, 0.717) is 0 Å². The predicted molar refractivity (Wildman–Crippen MR) is 71.8 cm³/mol. The van der Waals surface area contributed by atoms with Crippen molar-refractivity contribution in [1.82, 2.24) is 4.90 Å². The van der Waals surface area contributed by atoms with Crippen LogP contribution in [0, 0.1) is 17.2 Å². The molecule has 1 fully saturated rings. The largest absolute Gasteiger partial charge is 0.326 e. The summed E-state index contributed by atoms with van der Waals surface area (Å²) in [6.45, 7) is 4.01.